The molecule has 2 heterocycles. The van der Waals surface area contributed by atoms with Crippen molar-refractivity contribution in [3.63, 3.8) is 0 Å². The highest BCUT2D eigenvalue weighted by molar-refractivity contribution is 5.12. The minimum absolute atomic E-state index is 0.250. The third-order valence-electron chi connectivity index (χ3n) is 5.35. The maximum absolute atomic E-state index is 12.0. The molecule has 2 aliphatic rings. The Labute approximate surface area is 150 Å². The molecular weight excluding hydrogens is 334 g/mol. The number of aromatic amines is 1. The van der Waals surface area contributed by atoms with Crippen molar-refractivity contribution in [2.75, 3.05) is 6.54 Å². The lowest BCUT2D eigenvalue weighted by Gasteiger charge is -2.31. The van der Waals surface area contributed by atoms with Gasteiger partial charge in [-0.25, -0.2) is 4.79 Å². The van der Waals surface area contributed by atoms with Crippen molar-refractivity contribution in [2.45, 2.75) is 56.7 Å². The zero-order chi connectivity index (χ0) is 18.3. The van der Waals surface area contributed by atoms with Gasteiger partial charge >= 0.3 is 5.69 Å². The van der Waals surface area contributed by atoms with E-state index in [0.29, 0.717) is 43.1 Å². The highest BCUT2D eigenvalue weighted by Crippen LogP contribution is 2.42. The van der Waals surface area contributed by atoms with Crippen molar-refractivity contribution >= 4 is 0 Å². The summed E-state index contributed by atoms with van der Waals surface area (Å²) in [6.45, 7) is 1.24. The summed E-state index contributed by atoms with van der Waals surface area (Å²) in [5, 5.41) is 12.2. The van der Waals surface area contributed by atoms with Crippen LogP contribution in [0.15, 0.2) is 15.8 Å². The van der Waals surface area contributed by atoms with Crippen LogP contribution in [-0.2, 0) is 20.0 Å². The standard InChI is InChI=1S/C17H25N7O2/c1-23-16(25)10(8-20-17(23)26)4-5-19-9-14-21-22-15(11-6-12(18)7-11)24(14)13-2-3-13/h8,11-13,19H,2-7,9,18H2,1H3,(H,20,26). The maximum atomic E-state index is 12.0. The Balaban J connectivity index is 1.37. The van der Waals surface area contributed by atoms with Gasteiger partial charge in [0.05, 0.1) is 6.54 Å². The number of aromatic nitrogens is 5. The fourth-order valence-electron chi connectivity index (χ4n) is 3.56. The molecule has 2 fully saturated rings. The average molecular weight is 359 g/mol. The van der Waals surface area contributed by atoms with Gasteiger partial charge in [-0.05, 0) is 38.6 Å². The highest BCUT2D eigenvalue weighted by atomic mass is 16.2. The smallest absolute Gasteiger partial charge is 0.328 e. The first-order valence-electron chi connectivity index (χ1n) is 9.22. The van der Waals surface area contributed by atoms with Gasteiger partial charge in [0.15, 0.2) is 0 Å². The second-order valence-corrected chi connectivity index (χ2v) is 7.41. The molecule has 0 unspecified atom stereocenters. The number of H-pyrrole nitrogens is 1. The number of nitrogens with one attached hydrogen (secondary N) is 2. The van der Waals surface area contributed by atoms with Gasteiger partial charge in [-0.2, -0.15) is 0 Å². The van der Waals surface area contributed by atoms with E-state index in [2.05, 4.69) is 25.1 Å². The summed E-state index contributed by atoms with van der Waals surface area (Å²) in [5.41, 5.74) is 5.87. The predicted molar refractivity (Wildman–Crippen MR) is 96.0 cm³/mol. The minimum Gasteiger partial charge on any atom is -0.328 e. The Morgan fingerprint density at radius 3 is 2.77 bits per heavy atom. The molecule has 2 aromatic heterocycles. The fraction of sp³-hybridized carbons (Fsp3) is 0.647. The second-order valence-electron chi connectivity index (χ2n) is 7.41. The Morgan fingerprint density at radius 1 is 1.31 bits per heavy atom. The van der Waals surface area contributed by atoms with Gasteiger partial charge in [-0.15, -0.1) is 10.2 Å². The molecule has 0 bridgehead atoms. The quantitative estimate of drug-likeness (QED) is 0.575. The lowest BCUT2D eigenvalue weighted by molar-refractivity contribution is 0.327. The molecule has 140 valence electrons. The van der Waals surface area contributed by atoms with Crippen molar-refractivity contribution in [1.82, 2.24) is 29.6 Å². The van der Waals surface area contributed by atoms with Crippen molar-refractivity contribution < 1.29 is 0 Å². The van der Waals surface area contributed by atoms with E-state index in [1.54, 1.807) is 0 Å². The van der Waals surface area contributed by atoms with Gasteiger partial charge < -0.3 is 20.6 Å². The molecule has 9 nitrogen and oxygen atoms in total. The molecule has 0 spiro atoms. The molecule has 0 atom stereocenters. The molecule has 0 saturated heterocycles. The van der Waals surface area contributed by atoms with E-state index in [-0.39, 0.29) is 5.56 Å². The predicted octanol–water partition coefficient (Wildman–Crippen LogP) is -0.463. The monoisotopic (exact) mass is 359 g/mol. The summed E-state index contributed by atoms with van der Waals surface area (Å²) < 4.78 is 3.39. The molecule has 2 aromatic rings. The third kappa shape index (κ3) is 3.24. The molecule has 2 saturated carbocycles. The van der Waals surface area contributed by atoms with E-state index < -0.39 is 5.69 Å². The summed E-state index contributed by atoms with van der Waals surface area (Å²) in [6.07, 6.45) is 6.40. The Morgan fingerprint density at radius 2 is 2.08 bits per heavy atom. The van der Waals surface area contributed by atoms with Crippen molar-refractivity contribution in [3.05, 3.63) is 44.2 Å². The van der Waals surface area contributed by atoms with Gasteiger partial charge in [0.2, 0.25) is 0 Å². The molecule has 4 N–H and O–H groups in total. The highest BCUT2D eigenvalue weighted by Gasteiger charge is 2.36. The Hall–Kier alpha value is -2.26. The van der Waals surface area contributed by atoms with Gasteiger partial charge in [-0.3, -0.25) is 9.36 Å². The lowest BCUT2D eigenvalue weighted by atomic mass is 9.80. The first-order chi connectivity index (χ1) is 12.5. The maximum Gasteiger partial charge on any atom is 0.328 e. The number of nitrogens with two attached hydrogens (primary N) is 1. The zero-order valence-corrected chi connectivity index (χ0v) is 14.9. The van der Waals surface area contributed by atoms with Crippen LogP contribution >= 0.6 is 0 Å². The summed E-state index contributed by atoms with van der Waals surface area (Å²) in [7, 11) is 1.48. The number of rotatable bonds is 7. The van der Waals surface area contributed by atoms with Gasteiger partial charge in [0.25, 0.3) is 5.56 Å². The first-order valence-corrected chi connectivity index (χ1v) is 9.22. The van der Waals surface area contributed by atoms with E-state index in [9.17, 15) is 9.59 Å². The van der Waals surface area contributed by atoms with Crippen molar-refractivity contribution in [1.29, 1.82) is 0 Å². The Kier molecular flexibility index (Phi) is 4.49. The van der Waals surface area contributed by atoms with Crippen LogP contribution in [0.1, 0.15) is 54.9 Å². The van der Waals surface area contributed by atoms with Crippen LogP contribution in [0.3, 0.4) is 0 Å². The molecule has 0 aliphatic heterocycles. The number of nitrogens with zero attached hydrogens (tertiary/aromatic N) is 4. The van der Waals surface area contributed by atoms with Crippen molar-refractivity contribution in [3.8, 4) is 0 Å². The lowest BCUT2D eigenvalue weighted by Crippen LogP contribution is -2.36. The molecule has 26 heavy (non-hydrogen) atoms. The largest absolute Gasteiger partial charge is 0.328 e. The summed E-state index contributed by atoms with van der Waals surface area (Å²) in [6, 6.07) is 0.825. The molecular formula is C17H25N7O2. The molecule has 0 aromatic carbocycles. The molecule has 4 rings (SSSR count). The van der Waals surface area contributed by atoms with Crippen LogP contribution < -0.4 is 22.3 Å². The first kappa shape index (κ1) is 17.2. The molecule has 0 amide bonds. The summed E-state index contributed by atoms with van der Waals surface area (Å²) in [4.78, 5) is 26.0. The van der Waals surface area contributed by atoms with E-state index >= 15 is 0 Å². The SMILES string of the molecule is Cn1c(=O)[nH]cc(CCNCc2nnc(C3CC(N)C3)n2C2CC2)c1=O. The normalized spacial score (nSPS) is 22.4. The summed E-state index contributed by atoms with van der Waals surface area (Å²) in [5.74, 6) is 2.48. The molecule has 2 aliphatic carbocycles. The van der Waals surface area contributed by atoms with Crippen LogP contribution in [0.5, 0.6) is 0 Å². The van der Waals surface area contributed by atoms with Crippen LogP contribution in [0.25, 0.3) is 0 Å². The fourth-order valence-corrected chi connectivity index (χ4v) is 3.56. The average Bonchev–Trinajstić information content (AvgIpc) is 3.36. The van der Waals surface area contributed by atoms with E-state index in [1.165, 1.54) is 26.1 Å². The van der Waals surface area contributed by atoms with Crippen LogP contribution in [-0.4, -0.2) is 36.9 Å². The minimum atomic E-state index is -0.396. The topological polar surface area (TPSA) is 124 Å². The third-order valence-corrected chi connectivity index (χ3v) is 5.35. The van der Waals surface area contributed by atoms with Gasteiger partial charge in [-0.1, -0.05) is 0 Å². The van der Waals surface area contributed by atoms with Gasteiger partial charge in [0, 0.05) is 36.8 Å². The van der Waals surface area contributed by atoms with Gasteiger partial charge in [0.1, 0.15) is 11.6 Å². The van der Waals surface area contributed by atoms with E-state index in [0.717, 1.165) is 29.1 Å². The second kappa shape index (κ2) is 6.81. The molecule has 0 radical (unpaired) electrons. The van der Waals surface area contributed by atoms with E-state index in [1.807, 2.05) is 0 Å². The summed E-state index contributed by atoms with van der Waals surface area (Å²) >= 11 is 0. The van der Waals surface area contributed by atoms with E-state index in [4.69, 9.17) is 5.73 Å². The number of hydrogen-bond donors (Lipinski definition) is 3. The Bertz CT molecular complexity index is 903. The van der Waals surface area contributed by atoms with Crippen molar-refractivity contribution in [2.24, 2.45) is 12.8 Å². The number of hydrogen-bond acceptors (Lipinski definition) is 6. The zero-order valence-electron chi connectivity index (χ0n) is 14.9. The molecule has 9 heteroatoms. The van der Waals surface area contributed by atoms with Crippen LogP contribution in [0.4, 0.5) is 0 Å². The van der Waals surface area contributed by atoms with Crippen LogP contribution in [0, 0.1) is 0 Å². The van der Waals surface area contributed by atoms with Crippen LogP contribution in [0.2, 0.25) is 0 Å².